The van der Waals surface area contributed by atoms with Gasteiger partial charge in [0.2, 0.25) is 0 Å². The van der Waals surface area contributed by atoms with Crippen molar-refractivity contribution in [2.45, 2.75) is 38.0 Å². The molecule has 0 atom stereocenters. The Balaban J connectivity index is 2.26. The van der Waals surface area contributed by atoms with Crippen molar-refractivity contribution in [1.82, 2.24) is 0 Å². The smallest absolute Gasteiger partial charge is 0.130 e. The summed E-state index contributed by atoms with van der Waals surface area (Å²) in [7, 11) is 0. The van der Waals surface area contributed by atoms with Gasteiger partial charge in [-0.05, 0) is 29.9 Å². The van der Waals surface area contributed by atoms with Crippen molar-refractivity contribution in [1.29, 1.82) is 0 Å². The molecular weight excluding hydrogens is 172 g/mol. The van der Waals surface area contributed by atoms with E-state index in [1.54, 1.807) is 0 Å². The Morgan fingerprint density at radius 2 is 1.79 bits per heavy atom. The summed E-state index contributed by atoms with van der Waals surface area (Å²) in [5.74, 6) is 0.565. The van der Waals surface area contributed by atoms with Gasteiger partial charge in [0.05, 0.1) is 5.41 Å². The summed E-state index contributed by atoms with van der Waals surface area (Å²) in [4.78, 5) is 10.9. The molecule has 0 amide bonds. The van der Waals surface area contributed by atoms with E-state index >= 15 is 0 Å². The maximum absolute atomic E-state index is 10.9. The number of hydrogen-bond acceptors (Lipinski definition) is 1. The van der Waals surface area contributed by atoms with Gasteiger partial charge in [0, 0.05) is 0 Å². The average molecular weight is 188 g/mol. The van der Waals surface area contributed by atoms with Gasteiger partial charge in [-0.3, -0.25) is 0 Å². The van der Waals surface area contributed by atoms with Crippen LogP contribution in [0.3, 0.4) is 0 Å². The number of aldehydes is 1. The Kier molecular flexibility index (Phi) is 2.18. The van der Waals surface area contributed by atoms with Gasteiger partial charge in [-0.25, -0.2) is 0 Å². The molecule has 1 fully saturated rings. The molecule has 1 nitrogen and oxygen atoms in total. The quantitative estimate of drug-likeness (QED) is 0.666. The highest BCUT2D eigenvalue weighted by Gasteiger charge is 2.44. The molecule has 2 rings (SSSR count). The summed E-state index contributed by atoms with van der Waals surface area (Å²) in [5.41, 5.74) is 2.42. The molecule has 14 heavy (non-hydrogen) atoms. The predicted octanol–water partition coefficient (Wildman–Crippen LogP) is 3.04. The highest BCUT2D eigenvalue weighted by Crippen LogP contribution is 2.46. The lowest BCUT2D eigenvalue weighted by Gasteiger charge is -2.10. The van der Waals surface area contributed by atoms with Gasteiger partial charge in [-0.2, -0.15) is 0 Å². The van der Waals surface area contributed by atoms with E-state index in [0.717, 1.165) is 19.1 Å². The molecule has 1 aliphatic carbocycles. The van der Waals surface area contributed by atoms with Crippen molar-refractivity contribution in [2.75, 3.05) is 0 Å². The fraction of sp³-hybridized carbons (Fsp3) is 0.462. The van der Waals surface area contributed by atoms with Crippen molar-refractivity contribution >= 4 is 6.29 Å². The van der Waals surface area contributed by atoms with Crippen molar-refractivity contribution in [3.8, 4) is 0 Å². The molecule has 0 bridgehead atoms. The number of benzene rings is 1. The lowest BCUT2D eigenvalue weighted by molar-refractivity contribution is -0.109. The Morgan fingerprint density at radius 3 is 2.14 bits per heavy atom. The lowest BCUT2D eigenvalue weighted by atomic mass is 9.94. The van der Waals surface area contributed by atoms with Crippen LogP contribution in [0.4, 0.5) is 0 Å². The van der Waals surface area contributed by atoms with E-state index < -0.39 is 0 Å². The zero-order valence-corrected chi connectivity index (χ0v) is 8.79. The molecule has 0 heterocycles. The molecule has 1 aromatic rings. The van der Waals surface area contributed by atoms with Crippen LogP contribution in [0, 0.1) is 0 Å². The van der Waals surface area contributed by atoms with Crippen molar-refractivity contribution in [3.05, 3.63) is 35.4 Å². The van der Waals surface area contributed by atoms with E-state index in [1.165, 1.54) is 11.1 Å². The summed E-state index contributed by atoms with van der Waals surface area (Å²) < 4.78 is 0. The van der Waals surface area contributed by atoms with E-state index in [0.29, 0.717) is 5.92 Å². The highest BCUT2D eigenvalue weighted by molar-refractivity contribution is 5.73. The summed E-state index contributed by atoms with van der Waals surface area (Å²) in [6.07, 6.45) is 3.16. The fourth-order valence-electron chi connectivity index (χ4n) is 1.81. The van der Waals surface area contributed by atoms with Gasteiger partial charge >= 0.3 is 0 Å². The maximum Gasteiger partial charge on any atom is 0.130 e. The van der Waals surface area contributed by atoms with E-state index in [2.05, 4.69) is 38.1 Å². The van der Waals surface area contributed by atoms with E-state index in [9.17, 15) is 4.79 Å². The maximum atomic E-state index is 10.9. The normalized spacial score (nSPS) is 18.2. The lowest BCUT2D eigenvalue weighted by Crippen LogP contribution is -2.07. The van der Waals surface area contributed by atoms with Crippen LogP contribution in [0.25, 0.3) is 0 Å². The van der Waals surface area contributed by atoms with Gasteiger partial charge in [0.25, 0.3) is 0 Å². The first-order chi connectivity index (χ1) is 6.68. The minimum Gasteiger partial charge on any atom is -0.302 e. The molecule has 0 N–H and O–H groups in total. The highest BCUT2D eigenvalue weighted by atomic mass is 16.1. The first-order valence-electron chi connectivity index (χ1n) is 5.25. The van der Waals surface area contributed by atoms with Crippen LogP contribution in [0.15, 0.2) is 24.3 Å². The Hall–Kier alpha value is -1.11. The second-order valence-corrected chi connectivity index (χ2v) is 4.55. The van der Waals surface area contributed by atoms with E-state index in [1.807, 2.05) is 0 Å². The minimum absolute atomic E-state index is 0.116. The summed E-state index contributed by atoms with van der Waals surface area (Å²) in [5, 5.41) is 0. The van der Waals surface area contributed by atoms with E-state index in [4.69, 9.17) is 0 Å². The monoisotopic (exact) mass is 188 g/mol. The number of carbonyl (C=O) groups is 1. The molecule has 1 heteroatoms. The summed E-state index contributed by atoms with van der Waals surface area (Å²) in [6, 6.07) is 8.50. The molecule has 0 saturated heterocycles. The second-order valence-electron chi connectivity index (χ2n) is 4.55. The Morgan fingerprint density at radius 1 is 1.21 bits per heavy atom. The first-order valence-corrected chi connectivity index (χ1v) is 5.25. The third kappa shape index (κ3) is 1.47. The van der Waals surface area contributed by atoms with Crippen LogP contribution < -0.4 is 0 Å². The van der Waals surface area contributed by atoms with Crippen molar-refractivity contribution in [2.24, 2.45) is 0 Å². The number of rotatable bonds is 3. The van der Waals surface area contributed by atoms with Crippen molar-refractivity contribution < 1.29 is 4.79 Å². The van der Waals surface area contributed by atoms with Gasteiger partial charge in [0.1, 0.15) is 6.29 Å². The third-order valence-electron chi connectivity index (χ3n) is 3.17. The van der Waals surface area contributed by atoms with E-state index in [-0.39, 0.29) is 5.41 Å². The largest absolute Gasteiger partial charge is 0.302 e. The molecule has 1 saturated carbocycles. The molecule has 0 unspecified atom stereocenters. The molecular formula is C13H16O. The second kappa shape index (κ2) is 3.23. The Bertz CT molecular complexity index is 331. The van der Waals surface area contributed by atoms with Gasteiger partial charge in [-0.1, -0.05) is 38.1 Å². The number of hydrogen-bond donors (Lipinski definition) is 0. The topological polar surface area (TPSA) is 17.1 Å². The standard InChI is InChI=1S/C13H16O/c1-10(2)11-3-5-12(6-4-11)13(9-14)7-8-13/h3-6,9-10H,7-8H2,1-2H3. The van der Waals surface area contributed by atoms with Crippen LogP contribution in [0.1, 0.15) is 43.7 Å². The zero-order chi connectivity index (χ0) is 10.2. The summed E-state index contributed by atoms with van der Waals surface area (Å²) in [6.45, 7) is 4.36. The SMILES string of the molecule is CC(C)c1ccc(C2(C=O)CC2)cc1. The molecule has 0 radical (unpaired) electrons. The molecule has 0 spiro atoms. The third-order valence-corrected chi connectivity index (χ3v) is 3.17. The van der Waals surface area contributed by atoms with Crippen LogP contribution in [-0.4, -0.2) is 6.29 Å². The molecule has 74 valence electrons. The molecule has 0 aromatic heterocycles. The first kappa shape index (κ1) is 9.45. The van der Waals surface area contributed by atoms with Gasteiger partial charge < -0.3 is 4.79 Å². The van der Waals surface area contributed by atoms with Crippen molar-refractivity contribution in [3.63, 3.8) is 0 Å². The number of carbonyl (C=O) groups excluding carboxylic acids is 1. The fourth-order valence-corrected chi connectivity index (χ4v) is 1.81. The van der Waals surface area contributed by atoms with Crippen LogP contribution in [-0.2, 0) is 10.2 Å². The average Bonchev–Trinajstić information content (AvgIpc) is 2.99. The predicted molar refractivity (Wildman–Crippen MR) is 57.5 cm³/mol. The van der Waals surface area contributed by atoms with Crippen LogP contribution in [0.2, 0.25) is 0 Å². The van der Waals surface area contributed by atoms with Crippen LogP contribution in [0.5, 0.6) is 0 Å². The molecule has 1 aliphatic rings. The summed E-state index contributed by atoms with van der Waals surface area (Å²) >= 11 is 0. The Labute approximate surface area is 85.1 Å². The molecule has 0 aliphatic heterocycles. The van der Waals surface area contributed by atoms with Crippen LogP contribution >= 0.6 is 0 Å². The zero-order valence-electron chi connectivity index (χ0n) is 8.79. The van der Waals surface area contributed by atoms with Gasteiger partial charge in [0.15, 0.2) is 0 Å². The minimum atomic E-state index is -0.116. The van der Waals surface area contributed by atoms with Gasteiger partial charge in [-0.15, -0.1) is 0 Å². The molecule has 1 aromatic carbocycles.